The van der Waals surface area contributed by atoms with Crippen LogP contribution in [0.1, 0.15) is 0 Å². The molecule has 1 rings (SSSR count). The molecule has 0 spiro atoms. The van der Waals surface area contributed by atoms with Crippen LogP contribution in [0.3, 0.4) is 0 Å². The normalized spacial score (nSPS) is 11.7. The highest BCUT2D eigenvalue weighted by Gasteiger charge is 2.15. The summed E-state index contributed by atoms with van der Waals surface area (Å²) >= 11 is 12.0. The van der Waals surface area contributed by atoms with Gasteiger partial charge in [0.05, 0.1) is 22.3 Å². The summed E-state index contributed by atoms with van der Waals surface area (Å²) in [4.78, 5) is 23.0. The minimum absolute atomic E-state index is 0.213. The lowest BCUT2D eigenvalue weighted by Crippen LogP contribution is -2.28. The van der Waals surface area contributed by atoms with Crippen molar-refractivity contribution >= 4 is 51.5 Å². The van der Waals surface area contributed by atoms with Gasteiger partial charge < -0.3 is 20.1 Å². The van der Waals surface area contributed by atoms with Crippen LogP contribution in [-0.4, -0.2) is 54.9 Å². The van der Waals surface area contributed by atoms with E-state index in [-0.39, 0.29) is 33.8 Å². The smallest absolute Gasteiger partial charge is 0.237 e. The SMILES string of the molecule is CNC(=O)C[S@](=O)CC(=O)Nc1cc(OCCOC)c(Cl)cc1Cl. The summed E-state index contributed by atoms with van der Waals surface area (Å²) in [6, 6.07) is 2.91. The molecule has 0 heterocycles. The van der Waals surface area contributed by atoms with Crippen LogP contribution in [0, 0.1) is 0 Å². The summed E-state index contributed by atoms with van der Waals surface area (Å²) in [6.07, 6.45) is 0. The van der Waals surface area contributed by atoms with E-state index in [1.807, 2.05) is 0 Å². The maximum atomic E-state index is 11.9. The van der Waals surface area contributed by atoms with Crippen molar-refractivity contribution < 1.29 is 23.3 Å². The van der Waals surface area contributed by atoms with E-state index in [4.69, 9.17) is 32.7 Å². The van der Waals surface area contributed by atoms with E-state index in [1.54, 1.807) is 0 Å². The second kappa shape index (κ2) is 10.5. The molecule has 1 aromatic carbocycles. The van der Waals surface area contributed by atoms with Crippen molar-refractivity contribution in [2.75, 3.05) is 44.2 Å². The number of nitrogens with one attached hydrogen (secondary N) is 2. The molecular weight excluding hydrogens is 379 g/mol. The van der Waals surface area contributed by atoms with Crippen molar-refractivity contribution in [3.63, 3.8) is 0 Å². The van der Waals surface area contributed by atoms with E-state index >= 15 is 0 Å². The molecule has 0 radical (unpaired) electrons. The van der Waals surface area contributed by atoms with Crippen LogP contribution in [-0.2, 0) is 25.1 Å². The van der Waals surface area contributed by atoms with Crippen LogP contribution in [0.5, 0.6) is 5.75 Å². The fourth-order valence-corrected chi connectivity index (χ4v) is 2.96. The minimum atomic E-state index is -1.62. The lowest BCUT2D eigenvalue weighted by atomic mass is 10.3. The average molecular weight is 397 g/mol. The van der Waals surface area contributed by atoms with Gasteiger partial charge in [0.2, 0.25) is 11.8 Å². The quantitative estimate of drug-likeness (QED) is 0.616. The molecule has 1 aromatic rings. The van der Waals surface area contributed by atoms with Crippen LogP contribution in [0.15, 0.2) is 12.1 Å². The van der Waals surface area contributed by atoms with Gasteiger partial charge in [-0.25, -0.2) is 0 Å². The van der Waals surface area contributed by atoms with Gasteiger partial charge in [0.15, 0.2) is 0 Å². The summed E-state index contributed by atoms with van der Waals surface area (Å²) in [5, 5.41) is 5.37. The van der Waals surface area contributed by atoms with Gasteiger partial charge in [0, 0.05) is 31.0 Å². The standard InChI is InChI=1S/C14H18Cl2N2O5S/c1-17-13(19)7-24(21)8-14(20)18-11-6-12(23-4-3-22-2)10(16)5-9(11)15/h5-6H,3-4,7-8H2,1-2H3,(H,17,19)(H,18,20)/t24-/m0/s1. The Bertz CT molecular complexity index is 627. The zero-order chi connectivity index (χ0) is 18.1. The molecule has 0 fully saturated rings. The molecule has 0 aliphatic heterocycles. The topological polar surface area (TPSA) is 93.7 Å². The molecule has 0 saturated heterocycles. The number of anilines is 1. The van der Waals surface area contributed by atoms with E-state index in [2.05, 4.69) is 10.6 Å². The number of carbonyl (C=O) groups is 2. The number of rotatable bonds is 9. The summed E-state index contributed by atoms with van der Waals surface area (Å²) in [7, 11) is 1.35. The van der Waals surface area contributed by atoms with Gasteiger partial charge in [0.1, 0.15) is 23.9 Å². The number of benzene rings is 1. The fourth-order valence-electron chi connectivity index (χ4n) is 1.57. The number of hydrogen-bond donors (Lipinski definition) is 2. The molecule has 7 nitrogen and oxygen atoms in total. The van der Waals surface area contributed by atoms with E-state index in [0.29, 0.717) is 12.4 Å². The fraction of sp³-hybridized carbons (Fsp3) is 0.429. The third-order valence-corrected chi connectivity index (χ3v) is 4.48. The Morgan fingerprint density at radius 3 is 2.42 bits per heavy atom. The Hall–Kier alpha value is -1.35. The maximum Gasteiger partial charge on any atom is 0.237 e. The van der Waals surface area contributed by atoms with E-state index in [1.165, 1.54) is 26.3 Å². The van der Waals surface area contributed by atoms with Gasteiger partial charge in [-0.3, -0.25) is 13.8 Å². The first-order chi connectivity index (χ1) is 11.4. The lowest BCUT2D eigenvalue weighted by Gasteiger charge is -2.12. The summed E-state index contributed by atoms with van der Waals surface area (Å²) in [6.45, 7) is 0.653. The van der Waals surface area contributed by atoms with E-state index in [9.17, 15) is 13.8 Å². The van der Waals surface area contributed by atoms with E-state index in [0.717, 1.165) is 0 Å². The van der Waals surface area contributed by atoms with E-state index < -0.39 is 22.6 Å². The Balaban J connectivity index is 2.72. The third kappa shape index (κ3) is 7.04. The van der Waals surface area contributed by atoms with Crippen molar-refractivity contribution in [1.82, 2.24) is 5.32 Å². The molecule has 0 bridgehead atoms. The Morgan fingerprint density at radius 1 is 1.12 bits per heavy atom. The molecule has 24 heavy (non-hydrogen) atoms. The summed E-state index contributed by atoms with van der Waals surface area (Å²) < 4.78 is 22.0. The average Bonchev–Trinajstić information content (AvgIpc) is 2.51. The molecule has 2 N–H and O–H groups in total. The van der Waals surface area contributed by atoms with Crippen molar-refractivity contribution in [3.05, 3.63) is 22.2 Å². The second-order valence-corrected chi connectivity index (χ2v) is 6.82. The third-order valence-electron chi connectivity index (χ3n) is 2.70. The van der Waals surface area contributed by atoms with Crippen molar-refractivity contribution in [3.8, 4) is 5.75 Å². The minimum Gasteiger partial charge on any atom is -0.490 e. The number of halogens is 2. The lowest BCUT2D eigenvalue weighted by molar-refractivity contribution is -0.118. The molecule has 2 amide bonds. The monoisotopic (exact) mass is 396 g/mol. The first-order valence-corrected chi connectivity index (χ1v) is 9.08. The van der Waals surface area contributed by atoms with Crippen molar-refractivity contribution in [2.24, 2.45) is 0 Å². The van der Waals surface area contributed by atoms with Crippen LogP contribution < -0.4 is 15.4 Å². The van der Waals surface area contributed by atoms with Crippen LogP contribution in [0.2, 0.25) is 10.0 Å². The second-order valence-electron chi connectivity index (χ2n) is 4.55. The predicted octanol–water partition coefficient (Wildman–Crippen LogP) is 1.45. The largest absolute Gasteiger partial charge is 0.490 e. The number of amides is 2. The number of carbonyl (C=O) groups excluding carboxylic acids is 2. The highest BCUT2D eigenvalue weighted by atomic mass is 35.5. The Morgan fingerprint density at radius 2 is 1.79 bits per heavy atom. The molecule has 1 atom stereocenters. The molecular formula is C14H18Cl2N2O5S. The molecule has 134 valence electrons. The number of ether oxygens (including phenoxy) is 2. The Kier molecular flexibility index (Phi) is 9.05. The predicted molar refractivity (Wildman–Crippen MR) is 94.4 cm³/mol. The van der Waals surface area contributed by atoms with Gasteiger partial charge in [-0.1, -0.05) is 23.2 Å². The molecule has 0 saturated carbocycles. The van der Waals surface area contributed by atoms with Gasteiger partial charge in [-0.2, -0.15) is 0 Å². The first-order valence-electron chi connectivity index (χ1n) is 6.83. The molecule has 10 heteroatoms. The maximum absolute atomic E-state index is 11.9. The van der Waals surface area contributed by atoms with Gasteiger partial charge in [-0.15, -0.1) is 0 Å². The number of hydrogen-bond acceptors (Lipinski definition) is 5. The zero-order valence-corrected chi connectivity index (χ0v) is 15.5. The highest BCUT2D eigenvalue weighted by molar-refractivity contribution is 7.86. The Labute approximate surface area is 152 Å². The van der Waals surface area contributed by atoms with Crippen molar-refractivity contribution in [2.45, 2.75) is 0 Å². The summed E-state index contributed by atoms with van der Waals surface area (Å²) in [5.41, 5.74) is 0.274. The van der Waals surface area contributed by atoms with Gasteiger partial charge in [0.25, 0.3) is 0 Å². The van der Waals surface area contributed by atoms with Crippen molar-refractivity contribution in [1.29, 1.82) is 0 Å². The first kappa shape index (κ1) is 20.7. The molecule has 0 aliphatic rings. The van der Waals surface area contributed by atoms with Gasteiger partial charge >= 0.3 is 0 Å². The van der Waals surface area contributed by atoms with Crippen LogP contribution in [0.4, 0.5) is 5.69 Å². The molecule has 0 aliphatic carbocycles. The van der Waals surface area contributed by atoms with Crippen LogP contribution in [0.25, 0.3) is 0 Å². The molecule has 0 unspecified atom stereocenters. The highest BCUT2D eigenvalue weighted by Crippen LogP contribution is 2.34. The number of methoxy groups -OCH3 is 1. The van der Waals surface area contributed by atoms with Gasteiger partial charge in [-0.05, 0) is 6.07 Å². The van der Waals surface area contributed by atoms with Crippen LogP contribution >= 0.6 is 23.2 Å². The molecule has 0 aromatic heterocycles. The zero-order valence-electron chi connectivity index (χ0n) is 13.2. The summed E-state index contributed by atoms with van der Waals surface area (Å²) in [5.74, 6) is -1.18.